The molecule has 1 aliphatic rings. The summed E-state index contributed by atoms with van der Waals surface area (Å²) in [4.78, 5) is 13.4. The van der Waals surface area contributed by atoms with E-state index in [1.165, 1.54) is 11.9 Å². The molecule has 0 atom stereocenters. The topological polar surface area (TPSA) is 109 Å². The van der Waals surface area contributed by atoms with Gasteiger partial charge in [-0.1, -0.05) is 25.1 Å². The average Bonchev–Trinajstić information content (AvgIpc) is 3.34. The predicted octanol–water partition coefficient (Wildman–Crippen LogP) is 4.71. The Morgan fingerprint density at radius 3 is 2.50 bits per heavy atom. The Kier molecular flexibility index (Phi) is 4.30. The van der Waals surface area contributed by atoms with Crippen molar-refractivity contribution in [3.05, 3.63) is 36.0 Å². The van der Waals surface area contributed by atoms with Crippen LogP contribution in [-0.2, 0) is 0 Å². The van der Waals surface area contributed by atoms with Crippen LogP contribution < -0.4 is 5.73 Å². The zero-order chi connectivity index (χ0) is 21.0. The highest BCUT2D eigenvalue weighted by Crippen LogP contribution is 2.48. The number of hydrogen-bond donors (Lipinski definition) is 1. The third kappa shape index (κ3) is 2.94. The summed E-state index contributed by atoms with van der Waals surface area (Å²) < 4.78 is 7.70. The molecule has 0 unspecified atom stereocenters. The Labute approximate surface area is 174 Å². The van der Waals surface area contributed by atoms with Crippen LogP contribution in [0.4, 0.5) is 5.82 Å². The van der Waals surface area contributed by atoms with Gasteiger partial charge in [0.05, 0.1) is 16.6 Å². The monoisotopic (exact) mass is 403 g/mol. The van der Waals surface area contributed by atoms with Gasteiger partial charge in [-0.3, -0.25) is 4.98 Å². The highest BCUT2D eigenvalue weighted by molar-refractivity contribution is 6.00. The number of nitrogens with two attached hydrogens (primary N) is 1. The molecule has 1 saturated carbocycles. The molecule has 0 bridgehead atoms. The van der Waals surface area contributed by atoms with Crippen LogP contribution in [0.1, 0.15) is 69.7 Å². The first kappa shape index (κ1) is 18.7. The lowest BCUT2D eigenvalue weighted by Gasteiger charge is -2.07. The molecular weight excluding hydrogens is 378 g/mol. The minimum absolute atomic E-state index is 0.109. The van der Waals surface area contributed by atoms with Crippen molar-refractivity contribution in [3.63, 3.8) is 0 Å². The molecule has 1 aliphatic carbocycles. The molecule has 1 fully saturated rings. The van der Waals surface area contributed by atoms with Crippen molar-refractivity contribution >= 4 is 16.9 Å². The van der Waals surface area contributed by atoms with E-state index in [2.05, 4.69) is 48.9 Å². The number of hydrogen-bond acceptors (Lipinski definition) is 7. The summed E-state index contributed by atoms with van der Waals surface area (Å²) >= 11 is 0. The Morgan fingerprint density at radius 1 is 1.07 bits per heavy atom. The molecule has 0 aromatic carbocycles. The molecule has 5 rings (SSSR count). The molecule has 2 N–H and O–H groups in total. The van der Waals surface area contributed by atoms with Crippen LogP contribution in [0.3, 0.4) is 0 Å². The van der Waals surface area contributed by atoms with Crippen LogP contribution in [0.15, 0.2) is 29.2 Å². The van der Waals surface area contributed by atoms with Crippen molar-refractivity contribution in [2.45, 2.75) is 58.4 Å². The molecule has 154 valence electrons. The maximum Gasteiger partial charge on any atom is 0.164 e. The van der Waals surface area contributed by atoms with Gasteiger partial charge in [-0.15, -0.1) is 0 Å². The van der Waals surface area contributed by atoms with Crippen LogP contribution >= 0.6 is 0 Å². The second-order valence-corrected chi connectivity index (χ2v) is 8.52. The van der Waals surface area contributed by atoms with Crippen LogP contribution in [0.2, 0.25) is 0 Å². The van der Waals surface area contributed by atoms with E-state index in [1.54, 1.807) is 0 Å². The quantitative estimate of drug-likeness (QED) is 0.514. The zero-order valence-corrected chi connectivity index (χ0v) is 17.6. The van der Waals surface area contributed by atoms with Crippen LogP contribution in [0, 0.1) is 0 Å². The van der Waals surface area contributed by atoms with E-state index in [0.717, 1.165) is 29.9 Å². The first-order chi connectivity index (χ1) is 14.5. The summed E-state index contributed by atoms with van der Waals surface area (Å²) in [5.74, 6) is 2.04. The van der Waals surface area contributed by atoms with E-state index < -0.39 is 0 Å². The molecule has 8 heteroatoms. The van der Waals surface area contributed by atoms with Gasteiger partial charge in [-0.2, -0.15) is 5.10 Å². The molecule has 0 radical (unpaired) electrons. The molecule has 4 heterocycles. The zero-order valence-electron chi connectivity index (χ0n) is 17.6. The third-order valence-corrected chi connectivity index (χ3v) is 5.61. The largest absolute Gasteiger partial charge is 0.383 e. The summed E-state index contributed by atoms with van der Waals surface area (Å²) in [6.07, 6.45) is 5.58. The first-order valence-electron chi connectivity index (χ1n) is 10.4. The van der Waals surface area contributed by atoms with Crippen molar-refractivity contribution < 1.29 is 4.52 Å². The Balaban J connectivity index is 1.75. The lowest BCUT2D eigenvalue weighted by atomic mass is 10.0. The van der Waals surface area contributed by atoms with Gasteiger partial charge in [0.1, 0.15) is 29.3 Å². The Morgan fingerprint density at radius 2 is 1.87 bits per heavy atom. The molecule has 30 heavy (non-hydrogen) atoms. The van der Waals surface area contributed by atoms with Crippen molar-refractivity contribution in [1.82, 2.24) is 29.9 Å². The molecule has 4 aromatic heterocycles. The number of nitrogens with zero attached hydrogens (tertiary/aromatic N) is 6. The number of nitrogen functional groups attached to an aromatic ring is 1. The highest BCUT2D eigenvalue weighted by Gasteiger charge is 2.35. The number of pyridine rings is 1. The summed E-state index contributed by atoms with van der Waals surface area (Å²) in [6, 6.07) is 4.26. The summed E-state index contributed by atoms with van der Waals surface area (Å²) in [5, 5.41) is 9.97. The molecule has 0 saturated heterocycles. The molecule has 0 amide bonds. The molecular formula is C22H25N7O. The van der Waals surface area contributed by atoms with E-state index in [4.69, 9.17) is 20.3 Å². The highest BCUT2D eigenvalue weighted by atomic mass is 16.5. The summed E-state index contributed by atoms with van der Waals surface area (Å²) in [5.41, 5.74) is 11.1. The molecule has 0 spiro atoms. The fourth-order valence-electron chi connectivity index (χ4n) is 3.75. The standard InChI is InChI=1S/C22H25N7O/c1-11(2)14-7-8-15(24-9-14)16-19(28-30-20(16)13-5-6-13)18-17-21(23)25-10-26-22(17)29(27-18)12(3)4/h7-13H,5-6H2,1-4H3,(H2,23,25,26). The van der Waals surface area contributed by atoms with Gasteiger partial charge in [-0.25, -0.2) is 14.6 Å². The maximum absolute atomic E-state index is 6.25. The molecule has 4 aromatic rings. The normalized spacial score (nSPS) is 14.3. The van der Waals surface area contributed by atoms with Crippen LogP contribution in [0.25, 0.3) is 33.7 Å². The van der Waals surface area contributed by atoms with Crippen LogP contribution in [0.5, 0.6) is 0 Å². The Bertz CT molecular complexity index is 1220. The van der Waals surface area contributed by atoms with Gasteiger partial charge in [0.25, 0.3) is 0 Å². The van der Waals surface area contributed by atoms with E-state index >= 15 is 0 Å². The van der Waals surface area contributed by atoms with Gasteiger partial charge < -0.3 is 10.3 Å². The van der Waals surface area contributed by atoms with Gasteiger partial charge in [0.15, 0.2) is 5.65 Å². The second kappa shape index (κ2) is 6.90. The number of rotatable bonds is 5. The minimum atomic E-state index is 0.109. The first-order valence-corrected chi connectivity index (χ1v) is 10.4. The number of aromatic nitrogens is 6. The fraction of sp³-hybridized carbons (Fsp3) is 0.409. The fourth-order valence-corrected chi connectivity index (χ4v) is 3.75. The van der Waals surface area contributed by atoms with Crippen molar-refractivity contribution in [3.8, 4) is 22.6 Å². The predicted molar refractivity (Wildman–Crippen MR) is 115 cm³/mol. The van der Waals surface area contributed by atoms with Gasteiger partial charge >= 0.3 is 0 Å². The number of anilines is 1. The third-order valence-electron chi connectivity index (χ3n) is 5.61. The number of fused-ring (bicyclic) bond motifs is 1. The maximum atomic E-state index is 6.25. The Hall–Kier alpha value is -3.29. The van der Waals surface area contributed by atoms with Crippen molar-refractivity contribution in [1.29, 1.82) is 0 Å². The minimum Gasteiger partial charge on any atom is -0.383 e. The van der Waals surface area contributed by atoms with Crippen molar-refractivity contribution in [2.24, 2.45) is 0 Å². The van der Waals surface area contributed by atoms with E-state index in [-0.39, 0.29) is 6.04 Å². The van der Waals surface area contributed by atoms with E-state index in [9.17, 15) is 0 Å². The molecule has 8 nitrogen and oxygen atoms in total. The summed E-state index contributed by atoms with van der Waals surface area (Å²) in [7, 11) is 0. The lowest BCUT2D eigenvalue weighted by Crippen LogP contribution is -2.04. The lowest BCUT2D eigenvalue weighted by molar-refractivity contribution is 0.386. The van der Waals surface area contributed by atoms with E-state index in [1.807, 2.05) is 16.9 Å². The van der Waals surface area contributed by atoms with Crippen LogP contribution in [-0.4, -0.2) is 29.9 Å². The van der Waals surface area contributed by atoms with Crippen molar-refractivity contribution in [2.75, 3.05) is 5.73 Å². The second-order valence-electron chi connectivity index (χ2n) is 8.52. The van der Waals surface area contributed by atoms with Gasteiger partial charge in [-0.05, 0) is 44.2 Å². The smallest absolute Gasteiger partial charge is 0.164 e. The molecule has 0 aliphatic heterocycles. The SMILES string of the molecule is CC(C)c1ccc(-c2c(-c3nn(C(C)C)c4ncnc(N)c34)noc2C2CC2)nc1. The van der Waals surface area contributed by atoms with E-state index in [0.29, 0.717) is 40.1 Å². The van der Waals surface area contributed by atoms with Gasteiger partial charge in [0, 0.05) is 18.2 Å². The summed E-state index contributed by atoms with van der Waals surface area (Å²) in [6.45, 7) is 8.43. The van der Waals surface area contributed by atoms with Gasteiger partial charge in [0.2, 0.25) is 0 Å². The average molecular weight is 403 g/mol.